The predicted octanol–water partition coefficient (Wildman–Crippen LogP) is 4.18. The van der Waals surface area contributed by atoms with Gasteiger partial charge in [-0.15, -0.1) is 0 Å². The highest BCUT2D eigenvalue weighted by Crippen LogP contribution is 2.18. The van der Waals surface area contributed by atoms with Gasteiger partial charge in [0.2, 0.25) is 0 Å². The second-order valence-electron chi connectivity index (χ2n) is 4.13. The fourth-order valence-electron chi connectivity index (χ4n) is 1.82. The Labute approximate surface area is 97.8 Å². The van der Waals surface area contributed by atoms with Gasteiger partial charge >= 0.3 is 0 Å². The molecule has 1 nitrogen and oxygen atoms in total. The number of halogens is 1. The van der Waals surface area contributed by atoms with Gasteiger partial charge < -0.3 is 5.32 Å². The molecule has 0 aliphatic rings. The molecule has 2 heteroatoms. The van der Waals surface area contributed by atoms with Crippen LogP contribution in [0.2, 0.25) is 5.02 Å². The maximum absolute atomic E-state index is 5.96. The summed E-state index contributed by atoms with van der Waals surface area (Å²) in [5.74, 6) is 0. The Morgan fingerprint density at radius 2 is 2.07 bits per heavy atom. The molecule has 0 amide bonds. The highest BCUT2D eigenvalue weighted by atomic mass is 35.5. The second kappa shape index (κ2) is 6.14. The molecule has 1 N–H and O–H groups in total. The molecule has 1 aromatic rings. The van der Waals surface area contributed by atoms with Crippen LogP contribution in [0.4, 0.5) is 0 Å². The Balaban J connectivity index is 2.56. The molecule has 2 atom stereocenters. The maximum Gasteiger partial charge on any atom is 0.0409 e. The Hall–Kier alpha value is -0.530. The highest BCUT2D eigenvalue weighted by molar-refractivity contribution is 6.30. The maximum atomic E-state index is 5.96. The van der Waals surface area contributed by atoms with Gasteiger partial charge in [-0.2, -0.15) is 0 Å². The van der Waals surface area contributed by atoms with Crippen LogP contribution in [0.1, 0.15) is 45.2 Å². The molecule has 0 saturated heterocycles. The summed E-state index contributed by atoms with van der Waals surface area (Å²) in [6.07, 6.45) is 2.43. The lowest BCUT2D eigenvalue weighted by Crippen LogP contribution is -2.28. The first kappa shape index (κ1) is 12.5. The summed E-state index contributed by atoms with van der Waals surface area (Å²) in [6, 6.07) is 8.97. The fourth-order valence-corrected chi connectivity index (χ4v) is 2.01. The van der Waals surface area contributed by atoms with Crippen molar-refractivity contribution in [2.45, 2.75) is 45.7 Å². The van der Waals surface area contributed by atoms with Gasteiger partial charge in [0.05, 0.1) is 0 Å². The summed E-state index contributed by atoms with van der Waals surface area (Å²) in [5.41, 5.74) is 1.26. The molecule has 0 bridgehead atoms. The van der Waals surface area contributed by atoms with Crippen LogP contribution in [0, 0.1) is 0 Å². The van der Waals surface area contributed by atoms with Gasteiger partial charge in [-0.05, 0) is 38.0 Å². The Bertz CT molecular complexity index is 298. The van der Waals surface area contributed by atoms with E-state index < -0.39 is 0 Å². The lowest BCUT2D eigenvalue weighted by molar-refractivity contribution is 0.453. The van der Waals surface area contributed by atoms with Crippen molar-refractivity contribution in [1.29, 1.82) is 0 Å². The van der Waals surface area contributed by atoms with Crippen LogP contribution in [-0.2, 0) is 0 Å². The van der Waals surface area contributed by atoms with E-state index in [-0.39, 0.29) is 0 Å². The first-order valence-corrected chi connectivity index (χ1v) is 6.02. The van der Waals surface area contributed by atoms with Gasteiger partial charge in [0.25, 0.3) is 0 Å². The molecule has 2 unspecified atom stereocenters. The van der Waals surface area contributed by atoms with E-state index in [1.807, 2.05) is 18.2 Å². The van der Waals surface area contributed by atoms with Crippen LogP contribution >= 0.6 is 11.6 Å². The second-order valence-corrected chi connectivity index (χ2v) is 4.57. The van der Waals surface area contributed by atoms with Crippen molar-refractivity contribution in [1.82, 2.24) is 5.32 Å². The van der Waals surface area contributed by atoms with Crippen molar-refractivity contribution in [3.8, 4) is 0 Å². The number of rotatable bonds is 5. The zero-order valence-corrected chi connectivity index (χ0v) is 10.5. The van der Waals surface area contributed by atoms with E-state index >= 15 is 0 Å². The summed E-state index contributed by atoms with van der Waals surface area (Å²) in [7, 11) is 0. The number of hydrogen-bond acceptors (Lipinski definition) is 1. The first-order chi connectivity index (χ1) is 7.13. The third-order valence-corrected chi connectivity index (χ3v) is 2.84. The number of benzene rings is 1. The molecule has 0 fully saturated rings. The van der Waals surface area contributed by atoms with Crippen LogP contribution in [-0.4, -0.2) is 6.04 Å². The van der Waals surface area contributed by atoms with E-state index in [2.05, 4.69) is 32.2 Å². The van der Waals surface area contributed by atoms with Crippen molar-refractivity contribution in [2.75, 3.05) is 0 Å². The normalized spacial score (nSPS) is 14.9. The predicted molar refractivity (Wildman–Crippen MR) is 67.4 cm³/mol. The van der Waals surface area contributed by atoms with E-state index in [1.54, 1.807) is 0 Å². The standard InChI is InChI=1S/C13H20ClN/c1-4-6-10(2)15-11(3)12-7-5-8-13(14)9-12/h5,7-11,15H,4,6H2,1-3H3. The molecule has 1 aromatic carbocycles. The molecule has 1 rings (SSSR count). The minimum atomic E-state index is 0.366. The smallest absolute Gasteiger partial charge is 0.0409 e. The molecule has 0 aliphatic heterocycles. The minimum absolute atomic E-state index is 0.366. The van der Waals surface area contributed by atoms with Crippen LogP contribution in [0.3, 0.4) is 0 Å². The Morgan fingerprint density at radius 1 is 1.33 bits per heavy atom. The highest BCUT2D eigenvalue weighted by Gasteiger charge is 2.08. The molecular formula is C13H20ClN. The van der Waals surface area contributed by atoms with E-state index in [0.717, 1.165) is 5.02 Å². The first-order valence-electron chi connectivity index (χ1n) is 5.65. The minimum Gasteiger partial charge on any atom is -0.308 e. The van der Waals surface area contributed by atoms with Crippen LogP contribution in [0.15, 0.2) is 24.3 Å². The van der Waals surface area contributed by atoms with E-state index in [4.69, 9.17) is 11.6 Å². The van der Waals surface area contributed by atoms with Crippen molar-refractivity contribution in [3.05, 3.63) is 34.9 Å². The van der Waals surface area contributed by atoms with Gasteiger partial charge in [0, 0.05) is 17.1 Å². The summed E-state index contributed by atoms with van der Waals surface area (Å²) in [5, 5.41) is 4.38. The fraction of sp³-hybridized carbons (Fsp3) is 0.538. The molecule has 0 spiro atoms. The van der Waals surface area contributed by atoms with Crippen molar-refractivity contribution >= 4 is 11.6 Å². The van der Waals surface area contributed by atoms with Gasteiger partial charge in [-0.1, -0.05) is 37.1 Å². The Kier molecular flexibility index (Phi) is 5.13. The molecule has 0 aromatic heterocycles. The number of nitrogens with one attached hydrogen (secondary N) is 1. The van der Waals surface area contributed by atoms with Gasteiger partial charge in [-0.25, -0.2) is 0 Å². The van der Waals surface area contributed by atoms with Crippen molar-refractivity contribution in [3.63, 3.8) is 0 Å². The molecular weight excluding hydrogens is 206 g/mol. The average molecular weight is 226 g/mol. The average Bonchev–Trinajstić information content (AvgIpc) is 2.18. The summed E-state index contributed by atoms with van der Waals surface area (Å²) in [6.45, 7) is 6.62. The third-order valence-electron chi connectivity index (χ3n) is 2.60. The van der Waals surface area contributed by atoms with Crippen molar-refractivity contribution < 1.29 is 0 Å². The van der Waals surface area contributed by atoms with E-state index in [1.165, 1.54) is 18.4 Å². The zero-order valence-electron chi connectivity index (χ0n) is 9.76. The quantitative estimate of drug-likeness (QED) is 0.793. The lowest BCUT2D eigenvalue weighted by Gasteiger charge is -2.20. The van der Waals surface area contributed by atoms with Gasteiger partial charge in [0.1, 0.15) is 0 Å². The molecule has 0 saturated carbocycles. The molecule has 0 heterocycles. The monoisotopic (exact) mass is 225 g/mol. The Morgan fingerprint density at radius 3 is 2.67 bits per heavy atom. The molecule has 15 heavy (non-hydrogen) atoms. The SMILES string of the molecule is CCCC(C)NC(C)c1cccc(Cl)c1. The van der Waals surface area contributed by atoms with E-state index in [0.29, 0.717) is 12.1 Å². The zero-order chi connectivity index (χ0) is 11.3. The third kappa shape index (κ3) is 4.23. The topological polar surface area (TPSA) is 12.0 Å². The van der Waals surface area contributed by atoms with Crippen LogP contribution in [0.25, 0.3) is 0 Å². The van der Waals surface area contributed by atoms with Crippen LogP contribution < -0.4 is 5.32 Å². The summed E-state index contributed by atoms with van der Waals surface area (Å²) >= 11 is 5.96. The number of hydrogen-bond donors (Lipinski definition) is 1. The van der Waals surface area contributed by atoms with Gasteiger partial charge in [-0.3, -0.25) is 0 Å². The van der Waals surface area contributed by atoms with Crippen molar-refractivity contribution in [2.24, 2.45) is 0 Å². The van der Waals surface area contributed by atoms with E-state index in [9.17, 15) is 0 Å². The lowest BCUT2D eigenvalue weighted by atomic mass is 10.1. The largest absolute Gasteiger partial charge is 0.308 e. The summed E-state index contributed by atoms with van der Waals surface area (Å²) < 4.78 is 0. The van der Waals surface area contributed by atoms with Crippen LogP contribution in [0.5, 0.6) is 0 Å². The molecule has 0 radical (unpaired) electrons. The molecule has 0 aliphatic carbocycles. The molecule has 84 valence electrons. The summed E-state index contributed by atoms with van der Waals surface area (Å²) in [4.78, 5) is 0. The van der Waals surface area contributed by atoms with Gasteiger partial charge in [0.15, 0.2) is 0 Å².